The molecule has 1 aliphatic rings. The largest absolute Gasteiger partial charge is 0.481 e. The lowest BCUT2D eigenvalue weighted by Gasteiger charge is -2.12. The van der Waals surface area contributed by atoms with Gasteiger partial charge in [0.1, 0.15) is 5.75 Å². The van der Waals surface area contributed by atoms with E-state index in [2.05, 4.69) is 49.4 Å². The molecule has 6 heteroatoms. The lowest BCUT2D eigenvalue weighted by Crippen LogP contribution is -2.30. The van der Waals surface area contributed by atoms with Crippen molar-refractivity contribution in [2.24, 2.45) is 0 Å². The summed E-state index contributed by atoms with van der Waals surface area (Å²) in [6.45, 7) is 3.84. The summed E-state index contributed by atoms with van der Waals surface area (Å²) in [6.07, 6.45) is 2.16. The van der Waals surface area contributed by atoms with Gasteiger partial charge >= 0.3 is 0 Å². The summed E-state index contributed by atoms with van der Waals surface area (Å²) >= 11 is 6.98. The molecule has 1 aliphatic carbocycles. The Balaban J connectivity index is 1.94. The highest BCUT2D eigenvalue weighted by Crippen LogP contribution is 2.34. The number of benzene rings is 1. The maximum Gasteiger partial charge on any atom is 0.258 e. The van der Waals surface area contributed by atoms with Crippen LogP contribution in [0.25, 0.3) is 0 Å². The highest BCUT2D eigenvalue weighted by atomic mass is 79.9. The molecule has 0 unspecified atom stereocenters. The van der Waals surface area contributed by atoms with Crippen molar-refractivity contribution >= 4 is 37.8 Å². The third-order valence-electron chi connectivity index (χ3n) is 2.93. The molecule has 2 rings (SSSR count). The van der Waals surface area contributed by atoms with Crippen LogP contribution in [0.3, 0.4) is 0 Å². The second-order valence-electron chi connectivity index (χ2n) is 4.80. The van der Waals surface area contributed by atoms with Gasteiger partial charge in [-0.25, -0.2) is 0 Å². The lowest BCUT2D eigenvalue weighted by atomic mass is 10.2. The SMILES string of the molecule is CCNCc1cc(Br)c(OCC(=O)NC2CC2)c(Br)c1. The van der Waals surface area contributed by atoms with Gasteiger partial charge in [-0.2, -0.15) is 0 Å². The van der Waals surface area contributed by atoms with Crippen LogP contribution in [-0.2, 0) is 11.3 Å². The fourth-order valence-corrected chi connectivity index (χ4v) is 3.27. The zero-order valence-corrected chi connectivity index (χ0v) is 14.5. The van der Waals surface area contributed by atoms with Crippen molar-refractivity contribution in [1.82, 2.24) is 10.6 Å². The number of rotatable bonds is 7. The maximum atomic E-state index is 11.6. The standard InChI is InChI=1S/C14H18Br2N2O2/c1-2-17-7-9-5-11(15)14(12(16)6-9)20-8-13(19)18-10-3-4-10/h5-6,10,17H,2-4,7-8H2,1H3,(H,18,19). The smallest absolute Gasteiger partial charge is 0.258 e. The van der Waals surface area contributed by atoms with Crippen molar-refractivity contribution in [1.29, 1.82) is 0 Å². The molecule has 1 aromatic rings. The number of nitrogens with one attached hydrogen (secondary N) is 2. The molecule has 1 aromatic carbocycles. The van der Waals surface area contributed by atoms with E-state index in [4.69, 9.17) is 4.74 Å². The van der Waals surface area contributed by atoms with Crippen molar-refractivity contribution in [3.63, 3.8) is 0 Å². The Labute approximate surface area is 135 Å². The topological polar surface area (TPSA) is 50.4 Å². The van der Waals surface area contributed by atoms with Crippen LogP contribution in [0.5, 0.6) is 5.75 Å². The summed E-state index contributed by atoms with van der Waals surface area (Å²) in [5, 5.41) is 6.17. The summed E-state index contributed by atoms with van der Waals surface area (Å²) in [7, 11) is 0. The van der Waals surface area contributed by atoms with Crippen LogP contribution in [0, 0.1) is 0 Å². The Morgan fingerprint density at radius 1 is 1.35 bits per heavy atom. The average Bonchev–Trinajstić information content (AvgIpc) is 3.19. The minimum Gasteiger partial charge on any atom is -0.481 e. The van der Waals surface area contributed by atoms with Gasteiger partial charge in [-0.05, 0) is 68.9 Å². The average molecular weight is 406 g/mol. The number of halogens is 2. The molecule has 20 heavy (non-hydrogen) atoms. The Kier molecular flexibility index (Phi) is 5.86. The molecular weight excluding hydrogens is 388 g/mol. The third-order valence-corrected chi connectivity index (χ3v) is 4.11. The first kappa shape index (κ1) is 15.8. The molecular formula is C14H18Br2N2O2. The maximum absolute atomic E-state index is 11.6. The molecule has 2 N–H and O–H groups in total. The summed E-state index contributed by atoms with van der Waals surface area (Å²) in [5.41, 5.74) is 1.15. The van der Waals surface area contributed by atoms with Crippen molar-refractivity contribution < 1.29 is 9.53 Å². The second kappa shape index (κ2) is 7.43. The Bertz CT molecular complexity index is 467. The van der Waals surface area contributed by atoms with E-state index in [9.17, 15) is 4.79 Å². The molecule has 0 heterocycles. The molecule has 0 radical (unpaired) electrons. The first-order chi connectivity index (χ1) is 9.60. The monoisotopic (exact) mass is 404 g/mol. The van der Waals surface area contributed by atoms with Gasteiger partial charge in [0.15, 0.2) is 6.61 Å². The molecule has 1 amide bonds. The van der Waals surface area contributed by atoms with E-state index in [0.717, 1.165) is 40.4 Å². The Hall–Kier alpha value is -0.590. The van der Waals surface area contributed by atoms with Gasteiger partial charge in [0.05, 0.1) is 8.95 Å². The molecule has 0 saturated heterocycles. The fourth-order valence-electron chi connectivity index (χ4n) is 1.76. The highest BCUT2D eigenvalue weighted by molar-refractivity contribution is 9.11. The van der Waals surface area contributed by atoms with E-state index in [-0.39, 0.29) is 12.5 Å². The second-order valence-corrected chi connectivity index (χ2v) is 6.51. The van der Waals surface area contributed by atoms with E-state index < -0.39 is 0 Å². The summed E-state index contributed by atoms with van der Waals surface area (Å²) in [5.74, 6) is 0.597. The number of carbonyl (C=O) groups excluding carboxylic acids is 1. The molecule has 110 valence electrons. The van der Waals surface area contributed by atoms with E-state index >= 15 is 0 Å². The van der Waals surface area contributed by atoms with Crippen molar-refractivity contribution in [2.45, 2.75) is 32.4 Å². The quantitative estimate of drug-likeness (QED) is 0.733. The molecule has 0 aromatic heterocycles. The van der Waals surface area contributed by atoms with E-state index in [1.165, 1.54) is 0 Å². The molecule has 0 spiro atoms. The van der Waals surface area contributed by atoms with Gasteiger partial charge in [-0.3, -0.25) is 4.79 Å². The highest BCUT2D eigenvalue weighted by Gasteiger charge is 2.23. The zero-order chi connectivity index (χ0) is 14.5. The van der Waals surface area contributed by atoms with Gasteiger partial charge < -0.3 is 15.4 Å². The van der Waals surface area contributed by atoms with Crippen LogP contribution in [0.1, 0.15) is 25.3 Å². The van der Waals surface area contributed by atoms with Crippen molar-refractivity contribution in [2.75, 3.05) is 13.2 Å². The molecule has 0 aliphatic heterocycles. The van der Waals surface area contributed by atoms with Gasteiger partial charge in [0, 0.05) is 12.6 Å². The predicted molar refractivity (Wildman–Crippen MR) is 85.9 cm³/mol. The third kappa shape index (κ3) is 4.75. The Morgan fingerprint density at radius 2 is 2.00 bits per heavy atom. The van der Waals surface area contributed by atoms with Crippen LogP contribution >= 0.6 is 31.9 Å². The first-order valence-electron chi connectivity index (χ1n) is 6.71. The van der Waals surface area contributed by atoms with Gasteiger partial charge in [0.25, 0.3) is 5.91 Å². The number of hydrogen-bond donors (Lipinski definition) is 2. The zero-order valence-electron chi connectivity index (χ0n) is 11.3. The summed E-state index contributed by atoms with van der Waals surface area (Å²) < 4.78 is 7.28. The Morgan fingerprint density at radius 3 is 2.55 bits per heavy atom. The lowest BCUT2D eigenvalue weighted by molar-refractivity contribution is -0.123. The number of hydrogen-bond acceptors (Lipinski definition) is 3. The fraction of sp³-hybridized carbons (Fsp3) is 0.500. The van der Waals surface area contributed by atoms with Crippen LogP contribution in [-0.4, -0.2) is 25.1 Å². The molecule has 0 atom stereocenters. The summed E-state index contributed by atoms with van der Waals surface area (Å²) in [6, 6.07) is 4.36. The van der Waals surface area contributed by atoms with Crippen LogP contribution < -0.4 is 15.4 Å². The first-order valence-corrected chi connectivity index (χ1v) is 8.29. The van der Waals surface area contributed by atoms with Gasteiger partial charge in [-0.15, -0.1) is 0 Å². The van der Waals surface area contributed by atoms with E-state index in [0.29, 0.717) is 11.8 Å². The molecule has 4 nitrogen and oxygen atoms in total. The number of ether oxygens (including phenoxy) is 1. The predicted octanol–water partition coefficient (Wildman–Crippen LogP) is 2.98. The summed E-state index contributed by atoms with van der Waals surface area (Å²) in [4.78, 5) is 11.6. The van der Waals surface area contributed by atoms with Crippen LogP contribution in [0.15, 0.2) is 21.1 Å². The van der Waals surface area contributed by atoms with Gasteiger partial charge in [-0.1, -0.05) is 6.92 Å². The molecule has 1 saturated carbocycles. The molecule has 0 bridgehead atoms. The van der Waals surface area contributed by atoms with Crippen molar-refractivity contribution in [3.8, 4) is 5.75 Å². The van der Waals surface area contributed by atoms with Gasteiger partial charge in [0.2, 0.25) is 0 Å². The number of amides is 1. The normalized spacial score (nSPS) is 14.2. The van der Waals surface area contributed by atoms with Crippen molar-refractivity contribution in [3.05, 3.63) is 26.6 Å². The number of carbonyl (C=O) groups is 1. The van der Waals surface area contributed by atoms with E-state index in [1.807, 2.05) is 12.1 Å². The minimum atomic E-state index is -0.0666. The van der Waals surface area contributed by atoms with Crippen LogP contribution in [0.2, 0.25) is 0 Å². The van der Waals surface area contributed by atoms with E-state index in [1.54, 1.807) is 0 Å². The molecule has 1 fully saturated rings. The van der Waals surface area contributed by atoms with Crippen LogP contribution in [0.4, 0.5) is 0 Å². The minimum absolute atomic E-state index is 0.0419.